The number of hydrogen-bond acceptors (Lipinski definition) is 7. The van der Waals surface area contributed by atoms with Crippen molar-refractivity contribution in [3.8, 4) is 0 Å². The van der Waals surface area contributed by atoms with Crippen LogP contribution in [0.25, 0.3) is 5.52 Å². The van der Waals surface area contributed by atoms with Gasteiger partial charge in [0.2, 0.25) is 0 Å². The fourth-order valence-electron chi connectivity index (χ4n) is 5.36. The zero-order valence-corrected chi connectivity index (χ0v) is 20.7. The molecule has 3 N–H and O–H groups in total. The summed E-state index contributed by atoms with van der Waals surface area (Å²) >= 11 is 6.31. The number of rotatable bonds is 7. The fourth-order valence-corrected chi connectivity index (χ4v) is 8.12. The van der Waals surface area contributed by atoms with Crippen LogP contribution in [0.1, 0.15) is 37.6 Å². The highest BCUT2D eigenvalue weighted by Gasteiger charge is 2.42. The lowest BCUT2D eigenvalue weighted by Gasteiger charge is -2.21. The molecule has 34 heavy (non-hydrogen) atoms. The molecule has 0 aromatic carbocycles. The van der Waals surface area contributed by atoms with Crippen LogP contribution in [0, 0.1) is 11.8 Å². The summed E-state index contributed by atoms with van der Waals surface area (Å²) in [5.41, 5.74) is 1.58. The molecule has 3 unspecified atom stereocenters. The predicted octanol–water partition coefficient (Wildman–Crippen LogP) is 3.12. The number of fused-ring (bicyclic) bond motifs is 2. The molecule has 3 fully saturated rings. The minimum absolute atomic E-state index is 0.140. The molecule has 2 saturated heterocycles. The third kappa shape index (κ3) is 5.06. The number of anilines is 1. The van der Waals surface area contributed by atoms with E-state index in [-0.39, 0.29) is 17.4 Å². The van der Waals surface area contributed by atoms with Crippen LogP contribution in [-0.2, 0) is 18.4 Å². The third-order valence-electron chi connectivity index (χ3n) is 6.78. The number of hydrogen-bond donors (Lipinski definition) is 3. The Kier molecular flexibility index (Phi) is 6.57. The number of imidazole rings is 1. The minimum atomic E-state index is -4.76. The Morgan fingerprint density at radius 2 is 1.94 bits per heavy atom. The van der Waals surface area contributed by atoms with E-state index in [4.69, 9.17) is 30.6 Å². The molecule has 2 aromatic rings. The van der Waals surface area contributed by atoms with E-state index in [2.05, 4.69) is 15.0 Å². The van der Waals surface area contributed by atoms with Crippen molar-refractivity contribution in [3.05, 3.63) is 23.2 Å². The molecular formula is C19H26ClFN4O7P2. The number of ether oxygens (including phenoxy) is 1. The summed E-state index contributed by atoms with van der Waals surface area (Å²) in [4.78, 5) is 34.1. The maximum absolute atomic E-state index is 14.9. The van der Waals surface area contributed by atoms with Gasteiger partial charge in [0.15, 0.2) is 16.9 Å². The Bertz CT molecular complexity index is 1170. The van der Waals surface area contributed by atoms with Crippen molar-refractivity contribution in [2.75, 3.05) is 30.5 Å². The van der Waals surface area contributed by atoms with E-state index in [1.807, 2.05) is 0 Å². The summed E-state index contributed by atoms with van der Waals surface area (Å²) in [7, 11) is -9.32. The summed E-state index contributed by atoms with van der Waals surface area (Å²) in [5.74, 6) is 0.229. The van der Waals surface area contributed by atoms with Gasteiger partial charge in [-0.15, -0.1) is 0 Å². The third-order valence-corrected chi connectivity index (χ3v) is 10.4. The molecule has 0 amide bonds. The molecule has 4 heterocycles. The molecule has 0 radical (unpaired) electrons. The molecule has 6 atom stereocenters. The van der Waals surface area contributed by atoms with Gasteiger partial charge in [0, 0.05) is 25.6 Å². The number of aromatic nitrogens is 3. The summed E-state index contributed by atoms with van der Waals surface area (Å²) in [6.45, 7) is 1.37. The largest absolute Gasteiger partial charge is 0.369 e. The van der Waals surface area contributed by atoms with Crippen LogP contribution in [0.3, 0.4) is 0 Å². The molecule has 188 valence electrons. The van der Waals surface area contributed by atoms with Crippen molar-refractivity contribution < 1.29 is 37.5 Å². The zero-order valence-electron chi connectivity index (χ0n) is 18.1. The molecule has 2 aromatic heterocycles. The molecule has 0 bridgehead atoms. The van der Waals surface area contributed by atoms with Gasteiger partial charge in [0.05, 0.1) is 24.6 Å². The molecular weight excluding hydrogens is 513 g/mol. The summed E-state index contributed by atoms with van der Waals surface area (Å²) in [5, 5.41) is 4.55. The predicted molar refractivity (Wildman–Crippen MR) is 121 cm³/mol. The average Bonchev–Trinajstić information content (AvgIpc) is 3.46. The fraction of sp³-hybridized carbons (Fsp3) is 0.684. The van der Waals surface area contributed by atoms with Gasteiger partial charge in [-0.3, -0.25) is 9.13 Å². The van der Waals surface area contributed by atoms with Crippen LogP contribution in [0.2, 0.25) is 5.15 Å². The van der Waals surface area contributed by atoms with E-state index >= 15 is 0 Å². The van der Waals surface area contributed by atoms with Crippen LogP contribution in [0.5, 0.6) is 0 Å². The molecule has 0 spiro atoms. The van der Waals surface area contributed by atoms with Crippen molar-refractivity contribution in [3.63, 3.8) is 0 Å². The highest BCUT2D eigenvalue weighted by Crippen LogP contribution is 2.55. The average molecular weight is 539 g/mol. The van der Waals surface area contributed by atoms with Crippen LogP contribution >= 0.6 is 26.8 Å². The second kappa shape index (κ2) is 9.09. The van der Waals surface area contributed by atoms with Gasteiger partial charge in [-0.25, -0.2) is 13.9 Å². The van der Waals surface area contributed by atoms with Crippen LogP contribution < -0.4 is 4.90 Å². The summed E-state index contributed by atoms with van der Waals surface area (Å²) in [6, 6.07) is 1.79. The van der Waals surface area contributed by atoms with Crippen molar-refractivity contribution >= 4 is 38.0 Å². The summed E-state index contributed by atoms with van der Waals surface area (Å²) < 4.78 is 49.8. The Labute approximate surface area is 199 Å². The molecule has 5 rings (SSSR count). The Morgan fingerprint density at radius 3 is 2.62 bits per heavy atom. The van der Waals surface area contributed by atoms with Crippen molar-refractivity contribution in [1.29, 1.82) is 0 Å². The Balaban J connectivity index is 1.33. The van der Waals surface area contributed by atoms with Gasteiger partial charge in [0.1, 0.15) is 17.8 Å². The molecule has 15 heteroatoms. The first-order valence-electron chi connectivity index (χ1n) is 11.1. The first-order chi connectivity index (χ1) is 16.0. The lowest BCUT2D eigenvalue weighted by Crippen LogP contribution is -2.22. The second-order valence-electron chi connectivity index (χ2n) is 9.29. The zero-order chi connectivity index (χ0) is 24.3. The van der Waals surface area contributed by atoms with Gasteiger partial charge < -0.3 is 28.8 Å². The lowest BCUT2D eigenvalue weighted by atomic mass is 10.0. The molecule has 11 nitrogen and oxygen atoms in total. The lowest BCUT2D eigenvalue weighted by molar-refractivity contribution is -0.000711. The van der Waals surface area contributed by atoms with E-state index < -0.39 is 46.1 Å². The Morgan fingerprint density at radius 1 is 1.24 bits per heavy atom. The number of alkyl halides is 1. The summed E-state index contributed by atoms with van der Waals surface area (Å²) in [6.07, 6.45) is 1.68. The van der Waals surface area contributed by atoms with E-state index in [0.717, 1.165) is 18.8 Å². The van der Waals surface area contributed by atoms with Gasteiger partial charge in [-0.05, 0) is 24.7 Å². The van der Waals surface area contributed by atoms with Gasteiger partial charge >= 0.3 is 15.2 Å². The topological polar surface area (TPSA) is 147 Å². The molecule has 1 aliphatic carbocycles. The van der Waals surface area contributed by atoms with Crippen molar-refractivity contribution in [2.45, 2.75) is 44.1 Å². The first kappa shape index (κ1) is 24.6. The van der Waals surface area contributed by atoms with Gasteiger partial charge in [0.25, 0.3) is 0 Å². The minimum Gasteiger partial charge on any atom is -0.369 e. The first-order valence-corrected chi connectivity index (χ1v) is 15.0. The Hall–Kier alpha value is -1.10. The smallest absolute Gasteiger partial charge is 0.340 e. The monoisotopic (exact) mass is 538 g/mol. The second-order valence-corrected chi connectivity index (χ2v) is 13.7. The van der Waals surface area contributed by atoms with Crippen molar-refractivity contribution in [1.82, 2.24) is 14.6 Å². The standard InChI is InChI=1S/C19H26ClFN4O7P2/c20-17-5-15(24-7-11-2-1-3-12(11)8-24)16-6-22-19(25(16)23-17)18-14(21)4-13(32-18)9-31-34(29,30)10-33(26,27)28/h5-6,11-14,18H,1-4,7-10H2,(H,29,30)(H2,26,27,28)/t11?,12?,13-,14-,18+/m0/s1. The van der Waals surface area contributed by atoms with Crippen LogP contribution in [0.15, 0.2) is 12.3 Å². The van der Waals surface area contributed by atoms with E-state index in [1.54, 1.807) is 12.3 Å². The number of nitrogens with zero attached hydrogens (tertiary/aromatic N) is 4. The quantitative estimate of drug-likeness (QED) is 0.449. The maximum atomic E-state index is 14.9. The van der Waals surface area contributed by atoms with Crippen LogP contribution in [-0.4, -0.2) is 67.2 Å². The molecule has 1 saturated carbocycles. The van der Waals surface area contributed by atoms with Gasteiger partial charge in [-0.1, -0.05) is 18.0 Å². The van der Waals surface area contributed by atoms with E-state index in [9.17, 15) is 18.4 Å². The molecule has 2 aliphatic heterocycles. The SMILES string of the molecule is O=P(O)(O)CP(=O)(O)OC[C@@H]1C[C@H](F)[C@H](c2ncc3c(N4CC5CCCC5C4)cc(Cl)nn23)O1. The van der Waals surface area contributed by atoms with E-state index in [1.165, 1.54) is 23.8 Å². The number of halogens is 2. The van der Waals surface area contributed by atoms with Crippen molar-refractivity contribution in [2.24, 2.45) is 11.8 Å². The normalized spacial score (nSPS) is 31.3. The van der Waals surface area contributed by atoms with Gasteiger partial charge in [-0.2, -0.15) is 5.10 Å². The molecule has 3 aliphatic rings. The van der Waals surface area contributed by atoms with Crippen LogP contribution in [0.4, 0.5) is 10.1 Å². The van der Waals surface area contributed by atoms with E-state index in [0.29, 0.717) is 17.4 Å². The highest BCUT2D eigenvalue weighted by molar-refractivity contribution is 7.70. The maximum Gasteiger partial charge on any atom is 0.340 e. The highest BCUT2D eigenvalue weighted by atomic mass is 35.5.